The molecule has 3 heterocycles. The molecule has 0 aliphatic carbocycles. The molecule has 2 aromatic rings. The summed E-state index contributed by atoms with van der Waals surface area (Å²) in [6.07, 6.45) is 0. The van der Waals surface area contributed by atoms with E-state index in [4.69, 9.17) is 13.9 Å². The van der Waals surface area contributed by atoms with Gasteiger partial charge in [-0.15, -0.1) is 17.0 Å². The van der Waals surface area contributed by atoms with Gasteiger partial charge in [0.15, 0.2) is 10.9 Å². The zero-order valence-corrected chi connectivity index (χ0v) is 16.3. The molecule has 0 atom stereocenters. The van der Waals surface area contributed by atoms with Crippen LogP contribution in [0.25, 0.3) is 16.7 Å². The lowest BCUT2D eigenvalue weighted by Gasteiger charge is -2.14. The van der Waals surface area contributed by atoms with E-state index in [9.17, 15) is 4.79 Å². The molecule has 0 bridgehead atoms. The Kier molecular flexibility index (Phi) is 5.10. The fraction of sp³-hybridized carbons (Fsp3) is 0.294. The maximum atomic E-state index is 12.3. The second kappa shape index (κ2) is 7.13. The predicted molar refractivity (Wildman–Crippen MR) is 103 cm³/mol. The Morgan fingerprint density at radius 2 is 2.24 bits per heavy atom. The van der Waals surface area contributed by atoms with Gasteiger partial charge in [-0.1, -0.05) is 0 Å². The fourth-order valence-corrected chi connectivity index (χ4v) is 3.91. The number of halogens is 1. The first kappa shape index (κ1) is 17.9. The fourth-order valence-electron chi connectivity index (χ4n) is 2.83. The van der Waals surface area contributed by atoms with Gasteiger partial charge in [0, 0.05) is 11.9 Å². The molecule has 0 radical (unpaired) electrons. The Balaban J connectivity index is 0.00000182. The van der Waals surface area contributed by atoms with Crippen molar-refractivity contribution in [2.45, 2.75) is 6.92 Å². The number of ether oxygens (including phenoxy) is 2. The Bertz CT molecular complexity index is 890. The molecule has 0 unspecified atom stereocenters. The number of hydrogen-bond donors (Lipinski definition) is 0. The highest BCUT2D eigenvalue weighted by molar-refractivity contribution is 8.93. The van der Waals surface area contributed by atoms with E-state index in [1.165, 1.54) is 11.8 Å². The summed E-state index contributed by atoms with van der Waals surface area (Å²) in [5.41, 5.74) is 1.49. The minimum absolute atomic E-state index is 0. The number of esters is 1. The van der Waals surface area contributed by atoms with E-state index < -0.39 is 0 Å². The number of aliphatic imine (C=N–C) groups is 1. The zero-order chi connectivity index (χ0) is 16.7. The van der Waals surface area contributed by atoms with Crippen molar-refractivity contribution >= 4 is 56.5 Å². The van der Waals surface area contributed by atoms with Gasteiger partial charge in [-0.25, -0.2) is 4.79 Å². The van der Waals surface area contributed by atoms with Crippen molar-refractivity contribution in [3.63, 3.8) is 0 Å². The number of carbonyl (C=O) groups is 1. The highest BCUT2D eigenvalue weighted by Gasteiger charge is 2.38. The van der Waals surface area contributed by atoms with Crippen molar-refractivity contribution in [3.05, 3.63) is 34.9 Å². The highest BCUT2D eigenvalue weighted by Crippen LogP contribution is 2.43. The summed E-state index contributed by atoms with van der Waals surface area (Å²) in [6, 6.07) is 7.55. The Morgan fingerprint density at radius 3 is 3.00 bits per heavy atom. The van der Waals surface area contributed by atoms with E-state index in [0.717, 1.165) is 40.7 Å². The molecule has 0 spiro atoms. The third-order valence-electron chi connectivity index (χ3n) is 3.90. The van der Waals surface area contributed by atoms with Gasteiger partial charge in [0.05, 0.1) is 20.3 Å². The molecule has 2 aliphatic rings. The standard InChI is InChI=1S/C17H16N2O4S.BrH/c1-3-22-16(20)15-14(19-7-6-18-17(19)24-15)13-9-10-8-11(21-2)4-5-12(10)23-13;/h4-5,8-9H,3,6-7H2,1-2H3;1H. The number of rotatable bonds is 4. The van der Waals surface area contributed by atoms with Gasteiger partial charge in [-0.3, -0.25) is 4.99 Å². The second-order valence-corrected chi connectivity index (χ2v) is 6.31. The van der Waals surface area contributed by atoms with E-state index >= 15 is 0 Å². The van der Waals surface area contributed by atoms with Gasteiger partial charge in [0.25, 0.3) is 0 Å². The Morgan fingerprint density at radius 1 is 1.40 bits per heavy atom. The summed E-state index contributed by atoms with van der Waals surface area (Å²) < 4.78 is 16.4. The lowest BCUT2D eigenvalue weighted by atomic mass is 10.2. The molecule has 2 aliphatic heterocycles. The number of fused-ring (bicyclic) bond motifs is 2. The van der Waals surface area contributed by atoms with Crippen molar-refractivity contribution in [1.82, 2.24) is 4.90 Å². The first-order valence-electron chi connectivity index (χ1n) is 7.70. The Labute approximate surface area is 159 Å². The largest absolute Gasteiger partial charge is 0.497 e. The summed E-state index contributed by atoms with van der Waals surface area (Å²) in [6.45, 7) is 3.58. The summed E-state index contributed by atoms with van der Waals surface area (Å²) >= 11 is 1.35. The average molecular weight is 425 g/mol. The van der Waals surface area contributed by atoms with Crippen molar-refractivity contribution in [2.75, 3.05) is 26.8 Å². The van der Waals surface area contributed by atoms with Crippen LogP contribution in [0.4, 0.5) is 0 Å². The van der Waals surface area contributed by atoms with E-state index in [2.05, 4.69) is 4.99 Å². The number of methoxy groups -OCH3 is 1. The van der Waals surface area contributed by atoms with E-state index in [1.807, 2.05) is 29.2 Å². The van der Waals surface area contributed by atoms with E-state index in [0.29, 0.717) is 17.3 Å². The molecule has 0 amide bonds. The predicted octanol–water partition coefficient (Wildman–Crippen LogP) is 3.67. The first-order chi connectivity index (χ1) is 11.7. The quantitative estimate of drug-likeness (QED) is 0.697. The van der Waals surface area contributed by atoms with Crippen molar-refractivity contribution < 1.29 is 18.7 Å². The average Bonchev–Trinajstić information content (AvgIpc) is 3.27. The van der Waals surface area contributed by atoms with Crippen LogP contribution < -0.4 is 4.74 Å². The molecule has 8 heteroatoms. The van der Waals surface area contributed by atoms with Crippen LogP contribution in [-0.2, 0) is 9.53 Å². The van der Waals surface area contributed by atoms with Crippen molar-refractivity contribution in [1.29, 1.82) is 0 Å². The molecule has 25 heavy (non-hydrogen) atoms. The number of carbonyl (C=O) groups excluding carboxylic acids is 1. The van der Waals surface area contributed by atoms with Crippen LogP contribution in [0.2, 0.25) is 0 Å². The van der Waals surface area contributed by atoms with Gasteiger partial charge in [0.2, 0.25) is 0 Å². The van der Waals surface area contributed by atoms with Crippen LogP contribution >= 0.6 is 28.7 Å². The van der Waals surface area contributed by atoms with Gasteiger partial charge < -0.3 is 18.8 Å². The third-order valence-corrected chi connectivity index (χ3v) is 4.99. The van der Waals surface area contributed by atoms with Gasteiger partial charge >= 0.3 is 5.97 Å². The number of benzene rings is 1. The van der Waals surface area contributed by atoms with Crippen LogP contribution in [0.3, 0.4) is 0 Å². The molecular weight excluding hydrogens is 408 g/mol. The molecule has 132 valence electrons. The number of nitrogens with zero attached hydrogens (tertiary/aromatic N) is 2. The lowest BCUT2D eigenvalue weighted by Crippen LogP contribution is -2.20. The maximum Gasteiger partial charge on any atom is 0.347 e. The van der Waals surface area contributed by atoms with Crippen LogP contribution in [-0.4, -0.2) is 42.8 Å². The third kappa shape index (κ3) is 3.04. The normalized spacial score (nSPS) is 15.9. The monoisotopic (exact) mass is 424 g/mol. The molecule has 0 saturated heterocycles. The van der Waals surface area contributed by atoms with Crippen LogP contribution in [0.15, 0.2) is 38.6 Å². The molecule has 6 nitrogen and oxygen atoms in total. The van der Waals surface area contributed by atoms with Gasteiger partial charge in [-0.2, -0.15) is 0 Å². The van der Waals surface area contributed by atoms with Crippen LogP contribution in [0.5, 0.6) is 5.75 Å². The molecule has 0 N–H and O–H groups in total. The number of thioether (sulfide) groups is 1. The topological polar surface area (TPSA) is 64.3 Å². The first-order valence-corrected chi connectivity index (χ1v) is 8.52. The summed E-state index contributed by atoms with van der Waals surface area (Å²) in [5, 5.41) is 1.75. The Hall–Kier alpha value is -1.93. The molecule has 4 rings (SSSR count). The number of hydrogen-bond acceptors (Lipinski definition) is 7. The van der Waals surface area contributed by atoms with E-state index in [-0.39, 0.29) is 23.0 Å². The molecule has 1 aromatic carbocycles. The molecular formula is C17H17BrN2O4S. The highest BCUT2D eigenvalue weighted by atomic mass is 79.9. The smallest absolute Gasteiger partial charge is 0.347 e. The minimum Gasteiger partial charge on any atom is -0.497 e. The molecule has 0 fully saturated rings. The number of amidine groups is 1. The second-order valence-electron chi connectivity index (χ2n) is 5.33. The summed E-state index contributed by atoms with van der Waals surface area (Å²) in [7, 11) is 1.63. The minimum atomic E-state index is -0.340. The maximum absolute atomic E-state index is 12.3. The molecule has 0 saturated carbocycles. The van der Waals surface area contributed by atoms with Crippen molar-refractivity contribution in [3.8, 4) is 5.75 Å². The van der Waals surface area contributed by atoms with Crippen LogP contribution in [0.1, 0.15) is 12.7 Å². The summed E-state index contributed by atoms with van der Waals surface area (Å²) in [4.78, 5) is 19.3. The lowest BCUT2D eigenvalue weighted by molar-refractivity contribution is -0.137. The summed E-state index contributed by atoms with van der Waals surface area (Å²) in [5.74, 6) is 1.06. The van der Waals surface area contributed by atoms with Gasteiger partial charge in [-0.05, 0) is 43.0 Å². The van der Waals surface area contributed by atoms with Crippen molar-refractivity contribution in [2.24, 2.45) is 4.99 Å². The molecule has 1 aromatic heterocycles. The van der Waals surface area contributed by atoms with Gasteiger partial charge in [0.1, 0.15) is 21.9 Å². The van der Waals surface area contributed by atoms with Crippen LogP contribution in [0, 0.1) is 0 Å². The SMILES string of the molecule is Br.CCOC(=O)C1=C(c2cc3cc(OC)ccc3o2)N2CCN=C2S1. The zero-order valence-electron chi connectivity index (χ0n) is 13.8. The number of furan rings is 1. The van der Waals surface area contributed by atoms with E-state index in [1.54, 1.807) is 14.0 Å².